The van der Waals surface area contributed by atoms with Crippen LogP contribution in [-0.2, 0) is 9.68 Å². The van der Waals surface area contributed by atoms with Gasteiger partial charge in [0, 0.05) is 0 Å². The first-order valence-electron chi connectivity index (χ1n) is 3.36. The van der Waals surface area contributed by atoms with Crippen molar-refractivity contribution in [3.8, 4) is 0 Å². The first kappa shape index (κ1) is 7.28. The molecule has 0 amide bonds. The largest absolute Gasteiger partial charge is 0.348 e. The van der Waals surface area contributed by atoms with Crippen molar-refractivity contribution in [2.75, 3.05) is 0 Å². The van der Waals surface area contributed by atoms with Crippen LogP contribution >= 0.6 is 0 Å². The van der Waals surface area contributed by atoms with Gasteiger partial charge in [-0.25, -0.2) is 4.79 Å². The summed E-state index contributed by atoms with van der Waals surface area (Å²) in [5, 5.41) is 8.00. The van der Waals surface area contributed by atoms with Crippen LogP contribution in [0.3, 0.4) is 0 Å². The Bertz CT molecular complexity index is 151. The van der Waals surface area contributed by atoms with Gasteiger partial charge in [-0.3, -0.25) is 0 Å². The minimum atomic E-state index is -0.545. The molecule has 0 radical (unpaired) electrons. The van der Waals surface area contributed by atoms with E-state index in [1.807, 2.05) is 6.08 Å². The van der Waals surface area contributed by atoms with Gasteiger partial charge in [-0.15, -0.1) is 0 Å². The molecule has 1 atom stereocenters. The Morgan fingerprint density at radius 1 is 1.70 bits per heavy atom. The van der Waals surface area contributed by atoms with Crippen LogP contribution in [0.5, 0.6) is 0 Å². The molecule has 0 unspecified atom stereocenters. The zero-order chi connectivity index (χ0) is 7.40. The molecule has 1 aliphatic carbocycles. The van der Waals surface area contributed by atoms with Crippen molar-refractivity contribution >= 4 is 5.97 Å². The molecule has 1 rings (SSSR count). The summed E-state index contributed by atoms with van der Waals surface area (Å²) in [5.41, 5.74) is 0. The molecule has 0 aromatic heterocycles. The van der Waals surface area contributed by atoms with Crippen LogP contribution in [0.2, 0.25) is 0 Å². The lowest BCUT2D eigenvalue weighted by Gasteiger charge is -2.11. The maximum Gasteiger partial charge on any atom is 0.348 e. The van der Waals surface area contributed by atoms with Crippen LogP contribution in [-0.4, -0.2) is 11.2 Å². The van der Waals surface area contributed by atoms with E-state index in [-0.39, 0.29) is 5.92 Å². The molecule has 0 saturated carbocycles. The molecule has 0 aromatic carbocycles. The predicted octanol–water partition coefficient (Wildman–Crippen LogP) is 1.36. The highest BCUT2D eigenvalue weighted by molar-refractivity contribution is 5.73. The molecule has 1 N–H and O–H groups in total. The van der Waals surface area contributed by atoms with Crippen LogP contribution in [0.4, 0.5) is 0 Å². The highest BCUT2D eigenvalue weighted by atomic mass is 17.1. The Labute approximate surface area is 59.2 Å². The SMILES string of the molecule is O=C(OO)[C@H]1C=CCCC1. The summed E-state index contributed by atoms with van der Waals surface area (Å²) in [6, 6.07) is 0. The van der Waals surface area contributed by atoms with Crippen LogP contribution in [0.1, 0.15) is 19.3 Å². The lowest BCUT2D eigenvalue weighted by Crippen LogP contribution is -2.15. The molecule has 0 fully saturated rings. The molecule has 0 aliphatic heterocycles. The molecule has 3 nitrogen and oxygen atoms in total. The van der Waals surface area contributed by atoms with E-state index in [1.54, 1.807) is 6.08 Å². The normalized spacial score (nSPS) is 24.3. The third kappa shape index (κ3) is 1.57. The molecular weight excluding hydrogens is 132 g/mol. The van der Waals surface area contributed by atoms with Gasteiger partial charge in [0.2, 0.25) is 0 Å². The van der Waals surface area contributed by atoms with Gasteiger partial charge in [0.15, 0.2) is 0 Å². The van der Waals surface area contributed by atoms with Crippen LogP contribution in [0.25, 0.3) is 0 Å². The van der Waals surface area contributed by atoms with Crippen molar-refractivity contribution in [3.05, 3.63) is 12.2 Å². The first-order valence-corrected chi connectivity index (χ1v) is 3.36. The van der Waals surface area contributed by atoms with Crippen molar-refractivity contribution in [2.24, 2.45) is 5.92 Å². The third-order valence-electron chi connectivity index (χ3n) is 1.65. The Morgan fingerprint density at radius 3 is 3.00 bits per heavy atom. The summed E-state index contributed by atoms with van der Waals surface area (Å²) >= 11 is 0. The zero-order valence-corrected chi connectivity index (χ0v) is 5.62. The average Bonchev–Trinajstić information content (AvgIpc) is 2.05. The van der Waals surface area contributed by atoms with E-state index < -0.39 is 5.97 Å². The van der Waals surface area contributed by atoms with Gasteiger partial charge in [0.25, 0.3) is 0 Å². The molecule has 3 heteroatoms. The van der Waals surface area contributed by atoms with Gasteiger partial charge in [-0.2, -0.15) is 5.26 Å². The molecular formula is C7H10O3. The molecule has 0 aromatic rings. The molecule has 0 saturated heterocycles. The number of carbonyl (C=O) groups is 1. The summed E-state index contributed by atoms with van der Waals surface area (Å²) in [4.78, 5) is 14.2. The van der Waals surface area contributed by atoms with Crippen molar-refractivity contribution in [1.29, 1.82) is 0 Å². The summed E-state index contributed by atoms with van der Waals surface area (Å²) < 4.78 is 0. The summed E-state index contributed by atoms with van der Waals surface area (Å²) in [6.07, 6.45) is 6.52. The second-order valence-corrected chi connectivity index (χ2v) is 2.38. The first-order chi connectivity index (χ1) is 4.84. The van der Waals surface area contributed by atoms with Crippen molar-refractivity contribution in [3.63, 3.8) is 0 Å². The molecule has 0 spiro atoms. The number of hydrogen-bond donors (Lipinski definition) is 1. The van der Waals surface area contributed by atoms with Gasteiger partial charge in [0.05, 0.1) is 5.92 Å². The number of allylic oxidation sites excluding steroid dienone is 1. The molecule has 10 heavy (non-hydrogen) atoms. The van der Waals surface area contributed by atoms with E-state index in [0.29, 0.717) is 0 Å². The fraction of sp³-hybridized carbons (Fsp3) is 0.571. The monoisotopic (exact) mass is 142 g/mol. The van der Waals surface area contributed by atoms with Crippen molar-refractivity contribution < 1.29 is 14.9 Å². The Kier molecular flexibility index (Phi) is 2.45. The molecule has 0 bridgehead atoms. The topological polar surface area (TPSA) is 46.5 Å². The fourth-order valence-corrected chi connectivity index (χ4v) is 1.08. The van der Waals surface area contributed by atoms with Gasteiger partial charge in [-0.1, -0.05) is 12.2 Å². The fourth-order valence-electron chi connectivity index (χ4n) is 1.08. The lowest BCUT2D eigenvalue weighted by atomic mass is 9.96. The van der Waals surface area contributed by atoms with E-state index >= 15 is 0 Å². The average molecular weight is 142 g/mol. The van der Waals surface area contributed by atoms with Gasteiger partial charge in [-0.05, 0) is 19.3 Å². The maximum absolute atomic E-state index is 10.6. The minimum Gasteiger partial charge on any atom is -0.300 e. The Balaban J connectivity index is 2.46. The van der Waals surface area contributed by atoms with Crippen molar-refractivity contribution in [1.82, 2.24) is 0 Å². The second-order valence-electron chi connectivity index (χ2n) is 2.38. The highest BCUT2D eigenvalue weighted by Gasteiger charge is 2.18. The third-order valence-corrected chi connectivity index (χ3v) is 1.65. The zero-order valence-electron chi connectivity index (χ0n) is 5.62. The van der Waals surface area contributed by atoms with E-state index in [0.717, 1.165) is 19.3 Å². The van der Waals surface area contributed by atoms with Crippen molar-refractivity contribution in [2.45, 2.75) is 19.3 Å². The summed E-state index contributed by atoms with van der Waals surface area (Å²) in [7, 11) is 0. The van der Waals surface area contributed by atoms with Crippen LogP contribution in [0.15, 0.2) is 12.2 Å². The van der Waals surface area contributed by atoms with Crippen LogP contribution in [0, 0.1) is 5.92 Å². The molecule has 56 valence electrons. The van der Waals surface area contributed by atoms with E-state index in [9.17, 15) is 4.79 Å². The quantitative estimate of drug-likeness (QED) is 0.341. The second kappa shape index (κ2) is 3.37. The summed E-state index contributed by atoms with van der Waals surface area (Å²) in [6.45, 7) is 0. The van der Waals surface area contributed by atoms with E-state index in [2.05, 4.69) is 4.89 Å². The van der Waals surface area contributed by atoms with E-state index in [1.165, 1.54) is 0 Å². The lowest BCUT2D eigenvalue weighted by molar-refractivity contribution is -0.237. The summed E-state index contributed by atoms with van der Waals surface area (Å²) in [5.74, 6) is -0.769. The van der Waals surface area contributed by atoms with Gasteiger partial charge >= 0.3 is 5.97 Å². The Morgan fingerprint density at radius 2 is 2.50 bits per heavy atom. The molecule has 0 heterocycles. The Hall–Kier alpha value is -0.830. The number of rotatable bonds is 1. The van der Waals surface area contributed by atoms with Crippen LogP contribution < -0.4 is 0 Å². The predicted molar refractivity (Wildman–Crippen MR) is 35.2 cm³/mol. The highest BCUT2D eigenvalue weighted by Crippen LogP contribution is 2.17. The standard InChI is InChI=1S/C7H10O3/c8-7(10-9)6-4-2-1-3-5-6/h2,4,6,9H,1,3,5H2/t6-/m0/s1. The van der Waals surface area contributed by atoms with Gasteiger partial charge < -0.3 is 4.89 Å². The van der Waals surface area contributed by atoms with Gasteiger partial charge in [0.1, 0.15) is 0 Å². The minimum absolute atomic E-state index is 0.223. The molecule has 1 aliphatic rings. The maximum atomic E-state index is 10.6. The smallest absolute Gasteiger partial charge is 0.300 e. The number of carbonyl (C=O) groups excluding carboxylic acids is 1. The number of hydrogen-bond acceptors (Lipinski definition) is 3. The van der Waals surface area contributed by atoms with E-state index in [4.69, 9.17) is 5.26 Å².